The van der Waals surface area contributed by atoms with E-state index in [9.17, 15) is 9.59 Å². The van der Waals surface area contributed by atoms with Gasteiger partial charge in [0.05, 0.1) is 0 Å². The molecule has 1 rings (SSSR count). The Morgan fingerprint density at radius 1 is 1.21 bits per heavy atom. The third kappa shape index (κ3) is 3.01. The topological polar surface area (TPSA) is 60.2 Å². The molecule has 3 heteroatoms. The maximum Gasteiger partial charge on any atom is 0.248 e. The number of ketones is 1. The van der Waals surface area contributed by atoms with Gasteiger partial charge in [-0.25, -0.2) is 0 Å². The van der Waals surface area contributed by atoms with Gasteiger partial charge in [0.1, 0.15) is 5.78 Å². The van der Waals surface area contributed by atoms with Crippen molar-refractivity contribution in [2.24, 2.45) is 5.73 Å². The minimum Gasteiger partial charge on any atom is -0.366 e. The predicted molar refractivity (Wildman–Crippen MR) is 54.0 cm³/mol. The average Bonchev–Trinajstić information content (AvgIpc) is 2.15. The summed E-state index contributed by atoms with van der Waals surface area (Å²) in [5.41, 5.74) is 6.64. The number of hydrogen-bond acceptors (Lipinski definition) is 2. The molecule has 3 nitrogen and oxygen atoms in total. The molecule has 0 aliphatic rings. The largest absolute Gasteiger partial charge is 0.366 e. The van der Waals surface area contributed by atoms with Crippen molar-refractivity contribution in [3.05, 3.63) is 35.4 Å². The molecule has 0 fully saturated rings. The Labute approximate surface area is 82.9 Å². The van der Waals surface area contributed by atoms with E-state index in [0.717, 1.165) is 5.56 Å². The Bertz CT molecular complexity index is 341. The number of hydrogen-bond donors (Lipinski definition) is 1. The van der Waals surface area contributed by atoms with Gasteiger partial charge in [0.15, 0.2) is 0 Å². The molecule has 0 unspecified atom stereocenters. The van der Waals surface area contributed by atoms with Crippen LogP contribution in [0.25, 0.3) is 0 Å². The monoisotopic (exact) mass is 191 g/mol. The number of nitrogens with two attached hydrogens (primary N) is 1. The predicted octanol–water partition coefficient (Wildman–Crippen LogP) is 1.31. The van der Waals surface area contributed by atoms with Gasteiger partial charge in [-0.05, 0) is 31.0 Å². The maximum atomic E-state index is 10.7. The molecular formula is C11H13NO2. The molecule has 0 aliphatic heterocycles. The van der Waals surface area contributed by atoms with Crippen molar-refractivity contribution in [2.45, 2.75) is 19.8 Å². The van der Waals surface area contributed by atoms with Crippen LogP contribution in [0.4, 0.5) is 0 Å². The van der Waals surface area contributed by atoms with E-state index in [0.29, 0.717) is 18.4 Å². The molecule has 74 valence electrons. The number of aryl methyl sites for hydroxylation is 1. The highest BCUT2D eigenvalue weighted by atomic mass is 16.1. The zero-order chi connectivity index (χ0) is 10.6. The van der Waals surface area contributed by atoms with Crippen molar-refractivity contribution >= 4 is 11.7 Å². The van der Waals surface area contributed by atoms with Crippen LogP contribution < -0.4 is 5.73 Å². The second kappa shape index (κ2) is 4.56. The second-order valence-electron chi connectivity index (χ2n) is 3.26. The van der Waals surface area contributed by atoms with Crippen LogP contribution >= 0.6 is 0 Å². The van der Waals surface area contributed by atoms with Crippen LogP contribution in [0.1, 0.15) is 29.3 Å². The molecule has 0 aromatic heterocycles. The van der Waals surface area contributed by atoms with Gasteiger partial charge in [-0.15, -0.1) is 0 Å². The summed E-state index contributed by atoms with van der Waals surface area (Å²) in [5.74, 6) is -0.257. The number of primary amides is 1. The molecule has 0 atom stereocenters. The number of benzene rings is 1. The Hall–Kier alpha value is -1.64. The van der Waals surface area contributed by atoms with E-state index in [1.165, 1.54) is 0 Å². The van der Waals surface area contributed by atoms with Crippen molar-refractivity contribution in [2.75, 3.05) is 0 Å². The lowest BCUT2D eigenvalue weighted by molar-refractivity contribution is -0.116. The summed E-state index contributed by atoms with van der Waals surface area (Å²) in [6.45, 7) is 1.57. The summed E-state index contributed by atoms with van der Waals surface area (Å²) in [7, 11) is 0. The van der Waals surface area contributed by atoms with Crippen LogP contribution in [0.2, 0.25) is 0 Å². The smallest absolute Gasteiger partial charge is 0.248 e. The molecule has 0 radical (unpaired) electrons. The molecule has 0 aliphatic carbocycles. The average molecular weight is 191 g/mol. The second-order valence-corrected chi connectivity index (χ2v) is 3.26. The summed E-state index contributed by atoms with van der Waals surface area (Å²) in [6.07, 6.45) is 1.25. The normalized spacial score (nSPS) is 9.79. The third-order valence-corrected chi connectivity index (χ3v) is 2.00. The fourth-order valence-corrected chi connectivity index (χ4v) is 1.16. The number of amides is 1. The lowest BCUT2D eigenvalue weighted by Gasteiger charge is -2.00. The fourth-order valence-electron chi connectivity index (χ4n) is 1.16. The minimum atomic E-state index is -0.428. The SMILES string of the molecule is CC(=O)CCc1ccc(C(N)=O)cc1. The van der Waals surface area contributed by atoms with Gasteiger partial charge in [0.25, 0.3) is 0 Å². The molecule has 1 amide bonds. The third-order valence-electron chi connectivity index (χ3n) is 2.00. The van der Waals surface area contributed by atoms with Crippen LogP contribution in [-0.2, 0) is 11.2 Å². The van der Waals surface area contributed by atoms with Crippen molar-refractivity contribution in [3.8, 4) is 0 Å². The first kappa shape index (κ1) is 10.4. The summed E-state index contributed by atoms with van der Waals surface area (Å²) in [6, 6.07) is 7.00. The summed E-state index contributed by atoms with van der Waals surface area (Å²) in [5, 5.41) is 0. The first-order chi connectivity index (χ1) is 6.59. The van der Waals surface area contributed by atoms with Gasteiger partial charge in [-0.2, -0.15) is 0 Å². The maximum absolute atomic E-state index is 10.7. The Kier molecular flexibility index (Phi) is 3.40. The standard InChI is InChI=1S/C11H13NO2/c1-8(13)2-3-9-4-6-10(7-5-9)11(12)14/h4-7H,2-3H2,1H3,(H2,12,14). The Morgan fingerprint density at radius 3 is 2.21 bits per heavy atom. The zero-order valence-electron chi connectivity index (χ0n) is 8.12. The molecule has 1 aromatic carbocycles. The number of rotatable bonds is 4. The van der Waals surface area contributed by atoms with E-state index in [4.69, 9.17) is 5.73 Å². The minimum absolute atomic E-state index is 0.170. The molecule has 0 saturated carbocycles. The molecular weight excluding hydrogens is 178 g/mol. The van der Waals surface area contributed by atoms with Gasteiger partial charge < -0.3 is 10.5 Å². The van der Waals surface area contributed by atoms with E-state index in [-0.39, 0.29) is 5.78 Å². The molecule has 0 spiro atoms. The van der Waals surface area contributed by atoms with E-state index < -0.39 is 5.91 Å². The lowest BCUT2D eigenvalue weighted by Crippen LogP contribution is -2.10. The summed E-state index contributed by atoms with van der Waals surface area (Å²) >= 11 is 0. The summed E-state index contributed by atoms with van der Waals surface area (Å²) in [4.78, 5) is 21.5. The van der Waals surface area contributed by atoms with Crippen LogP contribution in [0, 0.1) is 0 Å². The van der Waals surface area contributed by atoms with E-state index >= 15 is 0 Å². The van der Waals surface area contributed by atoms with E-state index in [1.54, 1.807) is 19.1 Å². The number of carbonyl (C=O) groups is 2. The molecule has 0 bridgehead atoms. The van der Waals surface area contributed by atoms with Crippen LogP contribution in [0.15, 0.2) is 24.3 Å². The van der Waals surface area contributed by atoms with Crippen LogP contribution in [0.3, 0.4) is 0 Å². The fraction of sp³-hybridized carbons (Fsp3) is 0.273. The number of carbonyl (C=O) groups excluding carboxylic acids is 2. The molecule has 1 aromatic rings. The molecule has 14 heavy (non-hydrogen) atoms. The van der Waals surface area contributed by atoms with Gasteiger partial charge in [-0.1, -0.05) is 12.1 Å². The number of Topliss-reactive ketones (excluding diaryl/α,β-unsaturated/α-hetero) is 1. The van der Waals surface area contributed by atoms with Crippen LogP contribution in [0.5, 0.6) is 0 Å². The molecule has 2 N–H and O–H groups in total. The van der Waals surface area contributed by atoms with E-state index in [2.05, 4.69) is 0 Å². The van der Waals surface area contributed by atoms with Gasteiger partial charge in [0, 0.05) is 12.0 Å². The summed E-state index contributed by atoms with van der Waals surface area (Å²) < 4.78 is 0. The van der Waals surface area contributed by atoms with Gasteiger partial charge in [0.2, 0.25) is 5.91 Å². The lowest BCUT2D eigenvalue weighted by atomic mass is 10.1. The van der Waals surface area contributed by atoms with Crippen molar-refractivity contribution in [1.29, 1.82) is 0 Å². The Balaban J connectivity index is 2.64. The first-order valence-electron chi connectivity index (χ1n) is 4.48. The molecule has 0 saturated heterocycles. The quantitative estimate of drug-likeness (QED) is 0.779. The zero-order valence-corrected chi connectivity index (χ0v) is 8.12. The molecule has 0 heterocycles. The van der Waals surface area contributed by atoms with Crippen molar-refractivity contribution in [1.82, 2.24) is 0 Å². The van der Waals surface area contributed by atoms with Gasteiger partial charge in [-0.3, -0.25) is 4.79 Å². The highest BCUT2D eigenvalue weighted by molar-refractivity contribution is 5.92. The van der Waals surface area contributed by atoms with Crippen molar-refractivity contribution < 1.29 is 9.59 Å². The van der Waals surface area contributed by atoms with Gasteiger partial charge >= 0.3 is 0 Å². The van der Waals surface area contributed by atoms with Crippen LogP contribution in [-0.4, -0.2) is 11.7 Å². The first-order valence-corrected chi connectivity index (χ1v) is 4.48. The van der Waals surface area contributed by atoms with Crippen molar-refractivity contribution in [3.63, 3.8) is 0 Å². The highest BCUT2D eigenvalue weighted by Crippen LogP contribution is 2.06. The highest BCUT2D eigenvalue weighted by Gasteiger charge is 2.00. The van der Waals surface area contributed by atoms with E-state index in [1.807, 2.05) is 12.1 Å². The Morgan fingerprint density at radius 2 is 1.79 bits per heavy atom.